The Kier molecular flexibility index (Phi) is 3.04. The fourth-order valence-electron chi connectivity index (χ4n) is 1.11. The highest BCUT2D eigenvalue weighted by atomic mass is 16.3. The zero-order valence-electron chi connectivity index (χ0n) is 6.64. The highest BCUT2D eigenvalue weighted by Gasteiger charge is 2.06. The van der Waals surface area contributed by atoms with Gasteiger partial charge in [-0.15, -0.1) is 10.2 Å². The van der Waals surface area contributed by atoms with Gasteiger partial charge in [0.05, 0.1) is 0 Å². The number of hydrogen-bond acceptors (Lipinski definition) is 3. The first-order chi connectivity index (χ1) is 5.38. The standard InChI is InChI=1S/C7H13N3O/c1-2-7(3-4-11)10-5-8-9-6-10/h5-7,11H,2-4H2,1H3. The minimum Gasteiger partial charge on any atom is -0.396 e. The van der Waals surface area contributed by atoms with Crippen LogP contribution in [0.4, 0.5) is 0 Å². The normalized spacial score (nSPS) is 13.3. The van der Waals surface area contributed by atoms with Gasteiger partial charge in [-0.25, -0.2) is 0 Å². The molecule has 0 bridgehead atoms. The third-order valence-corrected chi connectivity index (χ3v) is 1.79. The summed E-state index contributed by atoms with van der Waals surface area (Å²) in [5.41, 5.74) is 0. The predicted octanol–water partition coefficient (Wildman–Crippen LogP) is 0.612. The van der Waals surface area contributed by atoms with E-state index >= 15 is 0 Å². The maximum Gasteiger partial charge on any atom is 0.119 e. The fourth-order valence-corrected chi connectivity index (χ4v) is 1.11. The van der Waals surface area contributed by atoms with Crippen molar-refractivity contribution in [2.24, 2.45) is 0 Å². The molecule has 11 heavy (non-hydrogen) atoms. The topological polar surface area (TPSA) is 50.9 Å². The summed E-state index contributed by atoms with van der Waals surface area (Å²) >= 11 is 0. The number of rotatable bonds is 4. The zero-order chi connectivity index (χ0) is 8.10. The van der Waals surface area contributed by atoms with Crippen LogP contribution in [-0.4, -0.2) is 26.5 Å². The van der Waals surface area contributed by atoms with Crippen molar-refractivity contribution in [1.29, 1.82) is 0 Å². The number of aliphatic hydroxyl groups is 1. The summed E-state index contributed by atoms with van der Waals surface area (Å²) < 4.78 is 1.93. The Morgan fingerprint density at radius 2 is 2.09 bits per heavy atom. The van der Waals surface area contributed by atoms with E-state index in [1.807, 2.05) is 4.57 Å². The summed E-state index contributed by atoms with van der Waals surface area (Å²) in [6, 6.07) is 0.343. The SMILES string of the molecule is CCC(CCO)n1cnnc1. The Balaban J connectivity index is 2.56. The summed E-state index contributed by atoms with van der Waals surface area (Å²) in [5, 5.41) is 16.1. The van der Waals surface area contributed by atoms with Gasteiger partial charge in [-0.05, 0) is 12.8 Å². The van der Waals surface area contributed by atoms with Gasteiger partial charge in [-0.2, -0.15) is 0 Å². The van der Waals surface area contributed by atoms with E-state index in [-0.39, 0.29) is 6.61 Å². The Labute approximate surface area is 65.9 Å². The smallest absolute Gasteiger partial charge is 0.119 e. The minimum absolute atomic E-state index is 0.219. The first-order valence-electron chi connectivity index (χ1n) is 3.83. The molecule has 1 heterocycles. The first-order valence-corrected chi connectivity index (χ1v) is 3.83. The van der Waals surface area contributed by atoms with Crippen molar-refractivity contribution in [3.05, 3.63) is 12.7 Å². The average Bonchev–Trinajstić information content (AvgIpc) is 2.52. The highest BCUT2D eigenvalue weighted by molar-refractivity contribution is 4.70. The van der Waals surface area contributed by atoms with Gasteiger partial charge in [0, 0.05) is 12.6 Å². The van der Waals surface area contributed by atoms with Crippen LogP contribution in [0.5, 0.6) is 0 Å². The van der Waals surface area contributed by atoms with E-state index in [1.165, 1.54) is 0 Å². The molecule has 0 amide bonds. The van der Waals surface area contributed by atoms with Crippen LogP contribution in [0.25, 0.3) is 0 Å². The Morgan fingerprint density at radius 1 is 1.45 bits per heavy atom. The second-order valence-corrected chi connectivity index (χ2v) is 2.48. The van der Waals surface area contributed by atoms with Crippen molar-refractivity contribution in [2.75, 3.05) is 6.61 Å². The minimum atomic E-state index is 0.219. The van der Waals surface area contributed by atoms with Gasteiger partial charge in [-0.3, -0.25) is 0 Å². The number of aromatic nitrogens is 3. The van der Waals surface area contributed by atoms with Crippen molar-refractivity contribution < 1.29 is 5.11 Å². The van der Waals surface area contributed by atoms with E-state index in [1.54, 1.807) is 12.7 Å². The van der Waals surface area contributed by atoms with Crippen molar-refractivity contribution in [3.8, 4) is 0 Å². The molecule has 1 atom stereocenters. The van der Waals surface area contributed by atoms with Crippen molar-refractivity contribution in [2.45, 2.75) is 25.8 Å². The second kappa shape index (κ2) is 4.08. The van der Waals surface area contributed by atoms with Crippen molar-refractivity contribution >= 4 is 0 Å². The average molecular weight is 155 g/mol. The van der Waals surface area contributed by atoms with Crippen LogP contribution in [0, 0.1) is 0 Å². The molecular formula is C7H13N3O. The summed E-state index contributed by atoms with van der Waals surface area (Å²) in [4.78, 5) is 0. The van der Waals surface area contributed by atoms with Crippen molar-refractivity contribution in [1.82, 2.24) is 14.8 Å². The van der Waals surface area contributed by atoms with E-state index < -0.39 is 0 Å². The van der Waals surface area contributed by atoms with Crippen LogP contribution in [0.15, 0.2) is 12.7 Å². The van der Waals surface area contributed by atoms with E-state index in [2.05, 4.69) is 17.1 Å². The van der Waals surface area contributed by atoms with E-state index in [4.69, 9.17) is 5.11 Å². The lowest BCUT2D eigenvalue weighted by Gasteiger charge is -2.13. The van der Waals surface area contributed by atoms with Crippen LogP contribution in [0.2, 0.25) is 0 Å². The molecule has 1 N–H and O–H groups in total. The molecule has 0 aliphatic rings. The fraction of sp³-hybridized carbons (Fsp3) is 0.714. The number of aliphatic hydroxyl groups excluding tert-OH is 1. The molecule has 0 aromatic carbocycles. The second-order valence-electron chi connectivity index (χ2n) is 2.48. The number of nitrogens with zero attached hydrogens (tertiary/aromatic N) is 3. The zero-order valence-corrected chi connectivity index (χ0v) is 6.64. The third kappa shape index (κ3) is 2.01. The Bertz CT molecular complexity index is 186. The molecule has 0 radical (unpaired) electrons. The molecule has 0 saturated heterocycles. The third-order valence-electron chi connectivity index (χ3n) is 1.79. The monoisotopic (exact) mass is 155 g/mol. The van der Waals surface area contributed by atoms with E-state index in [0.29, 0.717) is 6.04 Å². The lowest BCUT2D eigenvalue weighted by Crippen LogP contribution is -2.07. The molecule has 1 unspecified atom stereocenters. The summed E-state index contributed by atoms with van der Waals surface area (Å²) in [6.07, 6.45) is 5.14. The van der Waals surface area contributed by atoms with E-state index in [9.17, 15) is 0 Å². The van der Waals surface area contributed by atoms with Gasteiger partial charge < -0.3 is 9.67 Å². The molecule has 0 spiro atoms. The first kappa shape index (κ1) is 8.20. The molecule has 4 nitrogen and oxygen atoms in total. The van der Waals surface area contributed by atoms with Gasteiger partial charge in [-0.1, -0.05) is 6.92 Å². The Morgan fingerprint density at radius 3 is 2.55 bits per heavy atom. The molecule has 62 valence electrons. The Hall–Kier alpha value is -0.900. The van der Waals surface area contributed by atoms with Gasteiger partial charge >= 0.3 is 0 Å². The van der Waals surface area contributed by atoms with Gasteiger partial charge in [0.2, 0.25) is 0 Å². The maximum absolute atomic E-state index is 8.71. The molecular weight excluding hydrogens is 142 g/mol. The summed E-state index contributed by atoms with van der Waals surface area (Å²) in [7, 11) is 0. The van der Waals surface area contributed by atoms with Crippen LogP contribution in [0.3, 0.4) is 0 Å². The summed E-state index contributed by atoms with van der Waals surface area (Å²) in [5.74, 6) is 0. The van der Waals surface area contributed by atoms with Crippen LogP contribution < -0.4 is 0 Å². The largest absolute Gasteiger partial charge is 0.396 e. The number of hydrogen-bond donors (Lipinski definition) is 1. The molecule has 4 heteroatoms. The quantitative estimate of drug-likeness (QED) is 0.693. The highest BCUT2D eigenvalue weighted by Crippen LogP contribution is 2.12. The van der Waals surface area contributed by atoms with Crippen LogP contribution >= 0.6 is 0 Å². The van der Waals surface area contributed by atoms with Gasteiger partial charge in [0.25, 0.3) is 0 Å². The van der Waals surface area contributed by atoms with Gasteiger partial charge in [0.15, 0.2) is 0 Å². The lowest BCUT2D eigenvalue weighted by atomic mass is 10.1. The summed E-state index contributed by atoms with van der Waals surface area (Å²) in [6.45, 7) is 2.30. The molecule has 1 aromatic rings. The lowest BCUT2D eigenvalue weighted by molar-refractivity contribution is 0.254. The maximum atomic E-state index is 8.71. The van der Waals surface area contributed by atoms with Crippen molar-refractivity contribution in [3.63, 3.8) is 0 Å². The molecule has 0 saturated carbocycles. The predicted molar refractivity (Wildman–Crippen MR) is 41.1 cm³/mol. The van der Waals surface area contributed by atoms with Gasteiger partial charge in [0.1, 0.15) is 12.7 Å². The van der Waals surface area contributed by atoms with Crippen LogP contribution in [0.1, 0.15) is 25.8 Å². The molecule has 1 rings (SSSR count). The van der Waals surface area contributed by atoms with Crippen LogP contribution in [-0.2, 0) is 0 Å². The molecule has 1 aromatic heterocycles. The van der Waals surface area contributed by atoms with E-state index in [0.717, 1.165) is 12.8 Å². The molecule has 0 aliphatic carbocycles. The molecule has 0 aliphatic heterocycles. The molecule has 0 fully saturated rings.